The zero-order chi connectivity index (χ0) is 4.24. The third-order valence-corrected chi connectivity index (χ3v) is 0.607. The van der Waals surface area contributed by atoms with E-state index in [-0.39, 0.29) is 74.1 Å². The Hall–Kier alpha value is 1.47. The Bertz CT molecular complexity index is 87.7. The molecule has 0 aliphatic carbocycles. The molecule has 1 aromatic rings. The Kier molecular flexibility index (Phi) is 37.9. The number of rotatable bonds is 0. The van der Waals surface area contributed by atoms with Crippen LogP contribution < -0.4 is 34.0 Å². The van der Waals surface area contributed by atoms with Crippen LogP contribution in [0, 0.1) is 6.07 Å². The van der Waals surface area contributed by atoms with Crippen molar-refractivity contribution >= 4 is 23.1 Å². The van der Waals surface area contributed by atoms with Gasteiger partial charge in [0.2, 0.25) is 0 Å². The summed E-state index contributed by atoms with van der Waals surface area (Å²) < 4.78 is 0. The van der Waals surface area contributed by atoms with Gasteiger partial charge in [0.25, 0.3) is 0 Å². The summed E-state index contributed by atoms with van der Waals surface area (Å²) in [6.45, 7) is 0. The van der Waals surface area contributed by atoms with E-state index in [9.17, 15) is 0 Å². The summed E-state index contributed by atoms with van der Waals surface area (Å²) in [6, 6.07) is 12.5. The predicted octanol–water partition coefficient (Wildman–Crippen LogP) is -4.89. The summed E-state index contributed by atoms with van der Waals surface area (Å²) in [5.74, 6) is 0. The third-order valence-electron chi connectivity index (χ3n) is 0.607. The molecule has 0 amide bonds. The van der Waals surface area contributed by atoms with Gasteiger partial charge in [-0.3, -0.25) is 0 Å². The molecule has 0 saturated heterocycles. The van der Waals surface area contributed by atoms with Crippen LogP contribution in [0.25, 0.3) is 0 Å². The maximum Gasteiger partial charge on any atom is 2.00 e. The standard InChI is InChI=1S/C6H5.2BrH.Cu.Mg/c1-2-4-6-5-3-1;;;;/h1-5H;2*1H;;/q-1;;;+1;+2/p-2. The largest absolute Gasteiger partial charge is 2.00 e. The first-order valence-electron chi connectivity index (χ1n) is 1.91. The van der Waals surface area contributed by atoms with Crippen LogP contribution in [-0.2, 0) is 17.1 Å². The van der Waals surface area contributed by atoms with Gasteiger partial charge in [-0.05, 0) is 0 Å². The van der Waals surface area contributed by atoms with Gasteiger partial charge in [0.15, 0.2) is 0 Å². The molecule has 10 heavy (non-hydrogen) atoms. The fourth-order valence-electron chi connectivity index (χ4n) is 0.342. The molecule has 0 atom stereocenters. The van der Waals surface area contributed by atoms with Crippen molar-refractivity contribution in [3.8, 4) is 0 Å². The van der Waals surface area contributed by atoms with Crippen LogP contribution in [0.15, 0.2) is 30.3 Å². The van der Waals surface area contributed by atoms with E-state index in [0.29, 0.717) is 0 Å². The van der Waals surface area contributed by atoms with Crippen LogP contribution in [0.4, 0.5) is 0 Å². The molecule has 56 valence electrons. The molecular formula is C6H5Br2CuMg. The van der Waals surface area contributed by atoms with Gasteiger partial charge in [0, 0.05) is 0 Å². The Labute approximate surface area is 109 Å². The fraction of sp³-hybridized carbons (Fsp3) is 0. The SMILES string of the molecule is [Br-].[Br-].[Cu+].[Mg+2].[c-]1ccccc1. The second-order valence-corrected chi connectivity index (χ2v) is 1.08. The van der Waals surface area contributed by atoms with E-state index in [2.05, 4.69) is 6.07 Å². The van der Waals surface area contributed by atoms with Gasteiger partial charge in [0.1, 0.15) is 0 Å². The summed E-state index contributed by atoms with van der Waals surface area (Å²) in [5.41, 5.74) is 0. The van der Waals surface area contributed by atoms with E-state index in [1.165, 1.54) is 0 Å². The summed E-state index contributed by atoms with van der Waals surface area (Å²) in [7, 11) is 0. The van der Waals surface area contributed by atoms with E-state index in [1.807, 2.05) is 30.3 Å². The zero-order valence-electron chi connectivity index (χ0n) is 5.15. The molecule has 4 heteroatoms. The van der Waals surface area contributed by atoms with Gasteiger partial charge in [-0.25, -0.2) is 0 Å². The Morgan fingerprint density at radius 1 is 0.800 bits per heavy atom. The van der Waals surface area contributed by atoms with Crippen molar-refractivity contribution < 1.29 is 51.0 Å². The van der Waals surface area contributed by atoms with Crippen LogP contribution in [-0.4, -0.2) is 23.1 Å². The average molecular weight is 325 g/mol. The number of benzene rings is 1. The zero-order valence-corrected chi connectivity index (χ0v) is 10.7. The van der Waals surface area contributed by atoms with Gasteiger partial charge in [-0.15, -0.1) is 0 Å². The molecule has 0 fully saturated rings. The molecular weight excluding hydrogens is 320 g/mol. The molecule has 0 bridgehead atoms. The van der Waals surface area contributed by atoms with Crippen molar-refractivity contribution in [3.05, 3.63) is 36.4 Å². The van der Waals surface area contributed by atoms with E-state index in [4.69, 9.17) is 0 Å². The monoisotopic (exact) mass is 322 g/mol. The smallest absolute Gasteiger partial charge is 1.00 e. The second-order valence-electron chi connectivity index (χ2n) is 1.08. The van der Waals surface area contributed by atoms with Gasteiger partial charge < -0.3 is 34.0 Å². The number of hydrogen-bond donors (Lipinski definition) is 0. The average Bonchev–Trinajstić information content (AvgIpc) is 1.72. The van der Waals surface area contributed by atoms with Crippen LogP contribution >= 0.6 is 0 Å². The first kappa shape index (κ1) is 22.5. The first-order chi connectivity index (χ1) is 3.00. The predicted molar refractivity (Wildman–Crippen MR) is 31.0 cm³/mol. The molecule has 1 rings (SSSR count). The maximum atomic E-state index is 2.89. The van der Waals surface area contributed by atoms with Crippen LogP contribution in [0.5, 0.6) is 0 Å². The third kappa shape index (κ3) is 12.2. The molecule has 0 aliphatic rings. The summed E-state index contributed by atoms with van der Waals surface area (Å²) >= 11 is 0. The summed E-state index contributed by atoms with van der Waals surface area (Å²) in [6.07, 6.45) is 0. The van der Waals surface area contributed by atoms with Gasteiger partial charge in [-0.2, -0.15) is 36.4 Å². The topological polar surface area (TPSA) is 0 Å². The van der Waals surface area contributed by atoms with Crippen molar-refractivity contribution in [2.45, 2.75) is 0 Å². The summed E-state index contributed by atoms with van der Waals surface area (Å²) in [4.78, 5) is 0. The minimum absolute atomic E-state index is 0. The Morgan fingerprint density at radius 3 is 1.30 bits per heavy atom. The minimum Gasteiger partial charge on any atom is -1.00 e. The van der Waals surface area contributed by atoms with Gasteiger partial charge in [0.05, 0.1) is 0 Å². The molecule has 0 saturated carbocycles. The molecule has 0 N–H and O–H groups in total. The van der Waals surface area contributed by atoms with Gasteiger partial charge >= 0.3 is 40.1 Å². The van der Waals surface area contributed by atoms with Crippen molar-refractivity contribution in [3.63, 3.8) is 0 Å². The molecule has 1 aromatic carbocycles. The molecule has 0 aromatic heterocycles. The molecule has 0 nitrogen and oxygen atoms in total. The molecule has 0 radical (unpaired) electrons. The quantitative estimate of drug-likeness (QED) is 0.332. The second kappa shape index (κ2) is 16.8. The number of hydrogen-bond acceptors (Lipinski definition) is 0. The first-order valence-corrected chi connectivity index (χ1v) is 1.91. The Balaban J connectivity index is -0.0000000450. The van der Waals surface area contributed by atoms with Crippen LogP contribution in [0.1, 0.15) is 0 Å². The van der Waals surface area contributed by atoms with Crippen molar-refractivity contribution in [1.29, 1.82) is 0 Å². The molecule has 0 unspecified atom stereocenters. The molecule has 0 aliphatic heterocycles. The Morgan fingerprint density at radius 2 is 1.20 bits per heavy atom. The van der Waals surface area contributed by atoms with Gasteiger partial charge in [-0.1, -0.05) is 0 Å². The summed E-state index contributed by atoms with van der Waals surface area (Å²) in [5, 5.41) is 0. The van der Waals surface area contributed by atoms with E-state index < -0.39 is 0 Å². The van der Waals surface area contributed by atoms with E-state index in [1.54, 1.807) is 0 Å². The van der Waals surface area contributed by atoms with Crippen LogP contribution in [0.3, 0.4) is 0 Å². The minimum atomic E-state index is 0. The molecule has 0 heterocycles. The normalized spacial score (nSPS) is 4.80. The molecule has 0 spiro atoms. The fourth-order valence-corrected chi connectivity index (χ4v) is 0.342. The van der Waals surface area contributed by atoms with Crippen molar-refractivity contribution in [1.82, 2.24) is 0 Å². The van der Waals surface area contributed by atoms with E-state index >= 15 is 0 Å². The van der Waals surface area contributed by atoms with Crippen molar-refractivity contribution in [2.24, 2.45) is 0 Å². The number of halogens is 2. The van der Waals surface area contributed by atoms with Crippen molar-refractivity contribution in [2.75, 3.05) is 0 Å². The van der Waals surface area contributed by atoms with Crippen LogP contribution in [0.2, 0.25) is 0 Å². The maximum absolute atomic E-state index is 2.89. The van der Waals surface area contributed by atoms with E-state index in [0.717, 1.165) is 0 Å².